The summed E-state index contributed by atoms with van der Waals surface area (Å²) in [5, 5.41) is 24.0. The van der Waals surface area contributed by atoms with E-state index >= 15 is 0 Å². The Morgan fingerprint density at radius 3 is 1.91 bits per heavy atom. The molecule has 0 fully saturated rings. The van der Waals surface area contributed by atoms with Crippen LogP contribution in [-0.2, 0) is 12.8 Å². The molecule has 1 heterocycles. The lowest BCUT2D eigenvalue weighted by Crippen LogP contribution is -1.91. The zero-order chi connectivity index (χ0) is 22.9. The van der Waals surface area contributed by atoms with Gasteiger partial charge in [0.2, 0.25) is 0 Å². The number of nitriles is 2. The Morgan fingerprint density at radius 1 is 0.758 bits per heavy atom. The second-order valence-electron chi connectivity index (χ2n) is 8.52. The predicted molar refractivity (Wildman–Crippen MR) is 134 cm³/mol. The smallest absolute Gasteiger partial charge is 0.141 e. The third-order valence-corrected chi connectivity index (χ3v) is 6.31. The molecule has 4 aromatic carbocycles. The molecule has 0 aliphatic rings. The topological polar surface area (TPSA) is 76.3 Å². The summed E-state index contributed by atoms with van der Waals surface area (Å²) in [5.41, 5.74) is 5.90. The van der Waals surface area contributed by atoms with E-state index in [-0.39, 0.29) is 0 Å². The van der Waals surface area contributed by atoms with Gasteiger partial charge in [-0.2, -0.15) is 10.5 Å². The maximum atomic E-state index is 9.68. The van der Waals surface area contributed by atoms with Crippen LogP contribution in [0.4, 0.5) is 0 Å². The second-order valence-corrected chi connectivity index (χ2v) is 8.52. The number of nitrogens with one attached hydrogen (secondary N) is 1. The fraction of sp³-hybridized carbons (Fsp3) is 0.207. The lowest BCUT2D eigenvalue weighted by molar-refractivity contribution is 0.923. The van der Waals surface area contributed by atoms with Crippen molar-refractivity contribution in [2.24, 2.45) is 0 Å². The van der Waals surface area contributed by atoms with E-state index < -0.39 is 0 Å². The molecule has 0 aliphatic heterocycles. The SMILES string of the molecule is CCCc1ccc2c(c1)c1cc(CCC)ccc1c1[nH]c(-c3c(C#N)cccc3C#N)nc21. The van der Waals surface area contributed by atoms with E-state index in [4.69, 9.17) is 4.98 Å². The van der Waals surface area contributed by atoms with Gasteiger partial charge in [0.15, 0.2) is 0 Å². The minimum Gasteiger partial charge on any atom is -0.337 e. The maximum absolute atomic E-state index is 9.68. The number of H-pyrrole nitrogens is 1. The van der Waals surface area contributed by atoms with Crippen molar-refractivity contribution in [3.05, 3.63) is 76.9 Å². The first-order valence-corrected chi connectivity index (χ1v) is 11.5. The first-order chi connectivity index (χ1) is 16.2. The number of fused-ring (bicyclic) bond motifs is 6. The lowest BCUT2D eigenvalue weighted by atomic mass is 9.95. The highest BCUT2D eigenvalue weighted by Crippen LogP contribution is 2.37. The van der Waals surface area contributed by atoms with Gasteiger partial charge in [0.1, 0.15) is 5.82 Å². The van der Waals surface area contributed by atoms with Crippen LogP contribution in [-0.4, -0.2) is 9.97 Å². The number of hydrogen-bond donors (Lipinski definition) is 1. The summed E-state index contributed by atoms with van der Waals surface area (Å²) < 4.78 is 0. The molecule has 0 unspecified atom stereocenters. The molecule has 160 valence electrons. The van der Waals surface area contributed by atoms with Gasteiger partial charge in [0.05, 0.1) is 39.9 Å². The van der Waals surface area contributed by atoms with Crippen LogP contribution >= 0.6 is 0 Å². The highest BCUT2D eigenvalue weighted by Gasteiger charge is 2.18. The van der Waals surface area contributed by atoms with Crippen molar-refractivity contribution in [2.45, 2.75) is 39.5 Å². The van der Waals surface area contributed by atoms with Gasteiger partial charge in [-0.25, -0.2) is 4.98 Å². The van der Waals surface area contributed by atoms with Crippen molar-refractivity contribution in [1.29, 1.82) is 10.5 Å². The van der Waals surface area contributed by atoms with Crippen LogP contribution in [0.1, 0.15) is 48.9 Å². The molecule has 5 rings (SSSR count). The molecule has 0 amide bonds. The van der Waals surface area contributed by atoms with Crippen LogP contribution in [0.25, 0.3) is 44.0 Å². The van der Waals surface area contributed by atoms with Crippen LogP contribution in [0.3, 0.4) is 0 Å². The number of benzene rings is 4. The monoisotopic (exact) mass is 428 g/mol. The molecule has 0 saturated heterocycles. The quantitative estimate of drug-likeness (QED) is 0.301. The van der Waals surface area contributed by atoms with E-state index in [0.717, 1.165) is 47.5 Å². The Balaban J connectivity index is 1.90. The average Bonchev–Trinajstić information content (AvgIpc) is 3.29. The molecular formula is C29H24N4. The Hall–Kier alpha value is -4.15. The second kappa shape index (κ2) is 8.41. The van der Waals surface area contributed by atoms with Crippen LogP contribution < -0.4 is 0 Å². The lowest BCUT2D eigenvalue weighted by Gasteiger charge is -2.10. The van der Waals surface area contributed by atoms with Crippen molar-refractivity contribution >= 4 is 32.6 Å². The summed E-state index contributed by atoms with van der Waals surface area (Å²) in [5.74, 6) is 0.558. The number of hydrogen-bond acceptors (Lipinski definition) is 3. The molecule has 4 nitrogen and oxygen atoms in total. The van der Waals surface area contributed by atoms with Crippen LogP contribution in [0.15, 0.2) is 54.6 Å². The average molecular weight is 429 g/mol. The van der Waals surface area contributed by atoms with Gasteiger partial charge in [-0.15, -0.1) is 0 Å². The highest BCUT2D eigenvalue weighted by atomic mass is 14.9. The Morgan fingerprint density at radius 2 is 1.33 bits per heavy atom. The number of aromatic nitrogens is 2. The summed E-state index contributed by atoms with van der Waals surface area (Å²) in [6, 6.07) is 23.0. The molecule has 0 radical (unpaired) electrons. The van der Waals surface area contributed by atoms with Crippen molar-refractivity contribution < 1.29 is 0 Å². The number of imidazole rings is 1. The number of aryl methyl sites for hydroxylation is 2. The summed E-state index contributed by atoms with van der Waals surface area (Å²) in [6.07, 6.45) is 4.28. The van der Waals surface area contributed by atoms with Gasteiger partial charge in [-0.3, -0.25) is 0 Å². The normalized spacial score (nSPS) is 11.2. The van der Waals surface area contributed by atoms with E-state index in [1.54, 1.807) is 18.2 Å². The summed E-state index contributed by atoms with van der Waals surface area (Å²) >= 11 is 0. The molecule has 5 aromatic rings. The molecule has 0 bridgehead atoms. The molecule has 1 N–H and O–H groups in total. The van der Waals surface area contributed by atoms with E-state index in [2.05, 4.69) is 67.4 Å². The molecule has 0 aliphatic carbocycles. The van der Waals surface area contributed by atoms with Gasteiger partial charge in [0.25, 0.3) is 0 Å². The largest absolute Gasteiger partial charge is 0.337 e. The number of rotatable bonds is 5. The van der Waals surface area contributed by atoms with Crippen LogP contribution in [0, 0.1) is 22.7 Å². The Bertz CT molecular complexity index is 1490. The molecule has 0 saturated carbocycles. The third kappa shape index (κ3) is 3.41. The van der Waals surface area contributed by atoms with Gasteiger partial charge < -0.3 is 4.98 Å². The minimum absolute atomic E-state index is 0.442. The molecule has 4 heteroatoms. The van der Waals surface area contributed by atoms with E-state index in [1.165, 1.54) is 21.9 Å². The third-order valence-electron chi connectivity index (χ3n) is 6.31. The molecule has 0 spiro atoms. The highest BCUT2D eigenvalue weighted by molar-refractivity contribution is 6.23. The maximum Gasteiger partial charge on any atom is 0.141 e. The first-order valence-electron chi connectivity index (χ1n) is 11.5. The number of nitrogens with zero attached hydrogens (tertiary/aromatic N) is 3. The molecule has 0 atom stereocenters. The fourth-order valence-electron chi connectivity index (χ4n) is 4.82. The van der Waals surface area contributed by atoms with Crippen molar-refractivity contribution in [3.8, 4) is 23.5 Å². The summed E-state index contributed by atoms with van der Waals surface area (Å²) in [7, 11) is 0. The van der Waals surface area contributed by atoms with Crippen molar-refractivity contribution in [1.82, 2.24) is 9.97 Å². The van der Waals surface area contributed by atoms with Crippen molar-refractivity contribution in [3.63, 3.8) is 0 Å². The molecule has 33 heavy (non-hydrogen) atoms. The van der Waals surface area contributed by atoms with Gasteiger partial charge >= 0.3 is 0 Å². The summed E-state index contributed by atoms with van der Waals surface area (Å²) in [6.45, 7) is 4.40. The van der Waals surface area contributed by atoms with Crippen molar-refractivity contribution in [2.75, 3.05) is 0 Å². The Labute approximate surface area is 193 Å². The first kappa shape index (κ1) is 20.7. The van der Waals surface area contributed by atoms with E-state index in [1.807, 2.05) is 0 Å². The minimum atomic E-state index is 0.442. The van der Waals surface area contributed by atoms with E-state index in [9.17, 15) is 10.5 Å². The standard InChI is InChI=1S/C29H24N4/c1-3-6-18-10-12-22-24(14-18)25-15-19(7-4-2)11-13-23(25)28-27(22)32-29(33-28)26-20(16-30)8-5-9-21(26)17-31/h5,8-15H,3-4,6-7H2,1-2H3,(H,32,33). The van der Waals surface area contributed by atoms with Crippen LogP contribution in [0.5, 0.6) is 0 Å². The zero-order valence-corrected chi connectivity index (χ0v) is 18.9. The summed E-state index contributed by atoms with van der Waals surface area (Å²) in [4.78, 5) is 8.43. The van der Waals surface area contributed by atoms with Gasteiger partial charge in [0, 0.05) is 10.8 Å². The zero-order valence-electron chi connectivity index (χ0n) is 18.9. The molecule has 1 aromatic heterocycles. The van der Waals surface area contributed by atoms with Crippen LogP contribution in [0.2, 0.25) is 0 Å². The Kier molecular flexibility index (Phi) is 5.29. The molecular weight excluding hydrogens is 404 g/mol. The van der Waals surface area contributed by atoms with Gasteiger partial charge in [-0.05, 0) is 46.9 Å². The fourth-order valence-corrected chi connectivity index (χ4v) is 4.82. The van der Waals surface area contributed by atoms with E-state index in [0.29, 0.717) is 22.5 Å². The van der Waals surface area contributed by atoms with Gasteiger partial charge in [-0.1, -0.05) is 69.2 Å². The predicted octanol–water partition coefficient (Wildman–Crippen LogP) is 7.18. The number of aromatic amines is 1.